The zero-order valence-electron chi connectivity index (χ0n) is 10.4. The second kappa shape index (κ2) is 4.51. The second-order valence-electron chi connectivity index (χ2n) is 4.58. The lowest BCUT2D eigenvalue weighted by atomic mass is 9.90. The normalized spacial score (nSPS) is 28.9. The van der Waals surface area contributed by atoms with E-state index < -0.39 is 11.7 Å². The molecule has 2 aliphatic rings. The van der Waals surface area contributed by atoms with Crippen molar-refractivity contribution in [3.63, 3.8) is 0 Å². The zero-order chi connectivity index (χ0) is 13.5. The van der Waals surface area contributed by atoms with E-state index in [0.717, 1.165) is 11.1 Å². The van der Waals surface area contributed by atoms with Gasteiger partial charge in [0.2, 0.25) is 5.78 Å². The Bertz CT molecular complexity index is 576. The van der Waals surface area contributed by atoms with Gasteiger partial charge in [-0.1, -0.05) is 30.3 Å². The maximum absolute atomic E-state index is 12.0. The first-order chi connectivity index (χ1) is 9.20. The van der Waals surface area contributed by atoms with Crippen LogP contribution in [0.25, 0.3) is 5.57 Å². The van der Waals surface area contributed by atoms with Crippen molar-refractivity contribution >= 4 is 23.0 Å². The molecule has 19 heavy (non-hydrogen) atoms. The minimum absolute atomic E-state index is 0.158. The zero-order valence-corrected chi connectivity index (χ0v) is 11.2. The number of fused-ring (bicyclic) bond motifs is 2. The van der Waals surface area contributed by atoms with Crippen LogP contribution in [0.1, 0.15) is 5.56 Å². The molecule has 3 rings (SSSR count). The van der Waals surface area contributed by atoms with E-state index in [2.05, 4.69) is 0 Å². The number of Topliss-reactive ketones (excluding diaryl/α,β-unsaturated/α-hetero) is 1. The maximum atomic E-state index is 12.0. The Morgan fingerprint density at radius 3 is 2.74 bits per heavy atom. The van der Waals surface area contributed by atoms with Gasteiger partial charge in [0, 0.05) is 0 Å². The van der Waals surface area contributed by atoms with E-state index in [0.29, 0.717) is 5.76 Å². The van der Waals surface area contributed by atoms with Gasteiger partial charge in [-0.25, -0.2) is 0 Å². The van der Waals surface area contributed by atoms with Crippen molar-refractivity contribution in [2.45, 2.75) is 11.7 Å². The smallest absolute Gasteiger partial charge is 0.229 e. The van der Waals surface area contributed by atoms with Crippen LogP contribution in [-0.4, -0.2) is 30.5 Å². The summed E-state index contributed by atoms with van der Waals surface area (Å²) in [4.78, 5) is 12.0. The molecule has 0 aromatic heterocycles. The minimum atomic E-state index is -0.771. The first-order valence-electron chi connectivity index (χ1n) is 6.03. The summed E-state index contributed by atoms with van der Waals surface area (Å²) < 4.78 is 10.9. The van der Waals surface area contributed by atoms with Crippen molar-refractivity contribution in [3.05, 3.63) is 53.8 Å². The molecule has 0 fully saturated rings. The average Bonchev–Trinajstić information content (AvgIpc) is 2.80. The summed E-state index contributed by atoms with van der Waals surface area (Å²) in [6.07, 6.45) is 2.92. The van der Waals surface area contributed by atoms with E-state index in [4.69, 9.17) is 21.1 Å². The third kappa shape index (κ3) is 1.81. The minimum Gasteiger partial charge on any atom is -0.493 e. The molecule has 2 aliphatic heterocycles. The largest absolute Gasteiger partial charge is 0.493 e. The molecule has 0 amide bonds. The number of hydrogen-bond acceptors (Lipinski definition) is 3. The van der Waals surface area contributed by atoms with Crippen molar-refractivity contribution in [2.75, 3.05) is 13.0 Å². The molecule has 2 bridgehead atoms. The van der Waals surface area contributed by atoms with E-state index >= 15 is 0 Å². The summed E-state index contributed by atoms with van der Waals surface area (Å²) in [5, 5.41) is 0. The van der Waals surface area contributed by atoms with Crippen molar-refractivity contribution in [1.82, 2.24) is 0 Å². The summed E-state index contributed by atoms with van der Waals surface area (Å²) in [6, 6.07) is 9.80. The number of halogens is 1. The Labute approximate surface area is 116 Å². The average molecular weight is 277 g/mol. The van der Waals surface area contributed by atoms with Crippen molar-refractivity contribution in [1.29, 1.82) is 0 Å². The van der Waals surface area contributed by atoms with E-state index in [1.54, 1.807) is 6.08 Å². The number of ketones is 1. The molecule has 0 aliphatic carbocycles. The molecule has 2 unspecified atom stereocenters. The van der Waals surface area contributed by atoms with Crippen LogP contribution in [0.2, 0.25) is 0 Å². The molecule has 3 nitrogen and oxygen atoms in total. The first-order valence-corrected chi connectivity index (χ1v) is 6.56. The molecule has 4 heteroatoms. The lowest BCUT2D eigenvalue weighted by molar-refractivity contribution is -0.132. The summed E-state index contributed by atoms with van der Waals surface area (Å²) in [5.41, 5.74) is 1.16. The van der Waals surface area contributed by atoms with Gasteiger partial charge in [0.25, 0.3) is 0 Å². The third-order valence-corrected chi connectivity index (χ3v) is 3.88. The van der Waals surface area contributed by atoms with E-state index in [-0.39, 0.29) is 11.7 Å². The summed E-state index contributed by atoms with van der Waals surface area (Å²) in [5.74, 6) is 0.401. The summed E-state index contributed by atoms with van der Waals surface area (Å²) in [7, 11) is 1.48. The van der Waals surface area contributed by atoms with Gasteiger partial charge in [-0.15, -0.1) is 11.6 Å². The quantitative estimate of drug-likeness (QED) is 0.796. The Balaban J connectivity index is 2.13. The van der Waals surface area contributed by atoms with Crippen LogP contribution in [0.5, 0.6) is 0 Å². The van der Waals surface area contributed by atoms with Crippen LogP contribution in [0.3, 0.4) is 0 Å². The fraction of sp³-hybridized carbons (Fsp3) is 0.267. The first kappa shape index (κ1) is 12.5. The Morgan fingerprint density at radius 1 is 1.37 bits per heavy atom. The third-order valence-electron chi connectivity index (χ3n) is 3.48. The van der Waals surface area contributed by atoms with Crippen molar-refractivity contribution in [3.8, 4) is 0 Å². The second-order valence-corrected chi connectivity index (χ2v) is 4.85. The van der Waals surface area contributed by atoms with Gasteiger partial charge >= 0.3 is 0 Å². The monoisotopic (exact) mass is 276 g/mol. The van der Waals surface area contributed by atoms with E-state index in [9.17, 15) is 4.79 Å². The lowest BCUT2D eigenvalue weighted by Crippen LogP contribution is -2.40. The summed E-state index contributed by atoms with van der Waals surface area (Å²) >= 11 is 6.10. The molecule has 98 valence electrons. The predicted molar refractivity (Wildman–Crippen MR) is 72.8 cm³/mol. The highest BCUT2D eigenvalue weighted by molar-refractivity contribution is 6.20. The van der Waals surface area contributed by atoms with Gasteiger partial charge in [0.1, 0.15) is 11.7 Å². The standard InChI is InChI=1S/C15H13ClO3/c1-18-13-8-15(9-16)11(7-12(19-15)14(13)17)10-5-3-2-4-6-10/h2-8,12H,9H2,1H3. The number of methoxy groups -OCH3 is 1. The van der Waals surface area contributed by atoms with Gasteiger partial charge in [0.05, 0.1) is 13.0 Å². The highest BCUT2D eigenvalue weighted by atomic mass is 35.5. The van der Waals surface area contributed by atoms with E-state index in [1.807, 2.05) is 36.4 Å². The fourth-order valence-corrected chi connectivity index (χ4v) is 2.82. The van der Waals surface area contributed by atoms with Crippen molar-refractivity contribution in [2.24, 2.45) is 0 Å². The number of alkyl halides is 1. The molecule has 1 aromatic carbocycles. The molecule has 0 spiro atoms. The topological polar surface area (TPSA) is 35.5 Å². The molecular weight excluding hydrogens is 264 g/mol. The number of benzene rings is 1. The number of rotatable bonds is 3. The molecule has 2 heterocycles. The van der Waals surface area contributed by atoms with E-state index in [1.165, 1.54) is 7.11 Å². The molecule has 0 radical (unpaired) electrons. The predicted octanol–water partition coefficient (Wildman–Crippen LogP) is 2.56. The van der Waals surface area contributed by atoms with Crippen LogP contribution in [0.4, 0.5) is 0 Å². The van der Waals surface area contributed by atoms with Gasteiger partial charge < -0.3 is 9.47 Å². The van der Waals surface area contributed by atoms with Crippen LogP contribution in [0, 0.1) is 0 Å². The molecule has 0 N–H and O–H groups in total. The number of carbonyl (C=O) groups is 1. The van der Waals surface area contributed by atoms with Crippen LogP contribution in [0.15, 0.2) is 48.2 Å². The maximum Gasteiger partial charge on any atom is 0.229 e. The molecule has 0 saturated heterocycles. The molecular formula is C15H13ClO3. The Hall–Kier alpha value is -1.58. The highest BCUT2D eigenvalue weighted by Crippen LogP contribution is 2.44. The van der Waals surface area contributed by atoms with Crippen LogP contribution >= 0.6 is 11.6 Å². The lowest BCUT2D eigenvalue weighted by Gasteiger charge is -2.31. The number of hydrogen-bond donors (Lipinski definition) is 0. The number of ether oxygens (including phenoxy) is 2. The van der Waals surface area contributed by atoms with Crippen LogP contribution in [-0.2, 0) is 14.3 Å². The molecule has 0 saturated carbocycles. The fourth-order valence-electron chi connectivity index (χ4n) is 2.54. The van der Waals surface area contributed by atoms with Gasteiger partial charge in [-0.05, 0) is 23.3 Å². The van der Waals surface area contributed by atoms with Crippen LogP contribution < -0.4 is 0 Å². The Morgan fingerprint density at radius 2 is 2.11 bits per heavy atom. The summed E-state index contributed by atoms with van der Waals surface area (Å²) in [6.45, 7) is 0. The molecule has 1 aromatic rings. The van der Waals surface area contributed by atoms with Gasteiger partial charge in [-0.3, -0.25) is 4.79 Å². The molecule has 2 atom stereocenters. The van der Waals surface area contributed by atoms with Gasteiger partial charge in [-0.2, -0.15) is 0 Å². The van der Waals surface area contributed by atoms with Crippen molar-refractivity contribution < 1.29 is 14.3 Å². The van der Waals surface area contributed by atoms with Gasteiger partial charge in [0.15, 0.2) is 5.76 Å². The Kier molecular flexibility index (Phi) is 2.96. The number of carbonyl (C=O) groups excluding carboxylic acids is 1. The highest BCUT2D eigenvalue weighted by Gasteiger charge is 2.48. The SMILES string of the molecule is COC1=CC2(CCl)OC(C=C2c2ccccc2)C1=O.